The largest absolute Gasteiger partial charge is 0.495 e. The Bertz CT molecular complexity index is 741. The van der Waals surface area contributed by atoms with Gasteiger partial charge in [0.15, 0.2) is 0 Å². The van der Waals surface area contributed by atoms with Crippen molar-refractivity contribution in [2.24, 2.45) is 0 Å². The van der Waals surface area contributed by atoms with E-state index in [4.69, 9.17) is 9.47 Å². The molecule has 2 aromatic carbocycles. The van der Waals surface area contributed by atoms with Crippen LogP contribution in [0.15, 0.2) is 55.1 Å². The van der Waals surface area contributed by atoms with Gasteiger partial charge in [-0.05, 0) is 49.4 Å². The van der Waals surface area contributed by atoms with Crippen LogP contribution in [0.3, 0.4) is 0 Å². The summed E-state index contributed by atoms with van der Waals surface area (Å²) in [6.45, 7) is 7.04. The van der Waals surface area contributed by atoms with Gasteiger partial charge in [0, 0.05) is 6.54 Å². The van der Waals surface area contributed by atoms with Gasteiger partial charge < -0.3 is 14.8 Å². The smallest absolute Gasteiger partial charge is 0.238 e. The van der Waals surface area contributed by atoms with Gasteiger partial charge in [0.25, 0.3) is 0 Å². The Kier molecular flexibility index (Phi) is 7.24. The minimum absolute atomic E-state index is 0.0812. The molecule has 0 aromatic heterocycles. The highest BCUT2D eigenvalue weighted by molar-refractivity contribution is 5.93. The van der Waals surface area contributed by atoms with Crippen LogP contribution in [0.4, 0.5) is 5.69 Å². The van der Waals surface area contributed by atoms with Crippen molar-refractivity contribution in [3.8, 4) is 11.5 Å². The number of carbonyl (C=O) groups excluding carboxylic acids is 1. The van der Waals surface area contributed by atoms with Gasteiger partial charge in [-0.2, -0.15) is 0 Å². The number of aryl methyl sites for hydroxylation is 1. The first kappa shape index (κ1) is 19.5. The number of nitrogens with one attached hydrogen (secondary N) is 1. The van der Waals surface area contributed by atoms with Crippen LogP contribution in [-0.4, -0.2) is 38.1 Å². The molecule has 1 amide bonds. The monoisotopic (exact) mass is 354 g/mol. The Hall–Kier alpha value is -2.79. The lowest BCUT2D eigenvalue weighted by Crippen LogP contribution is -2.30. The zero-order valence-electron chi connectivity index (χ0n) is 15.6. The van der Waals surface area contributed by atoms with Crippen LogP contribution in [0.25, 0.3) is 0 Å². The summed E-state index contributed by atoms with van der Waals surface area (Å²) in [5.74, 6) is 1.38. The predicted octanol–water partition coefficient (Wildman–Crippen LogP) is 3.64. The van der Waals surface area contributed by atoms with E-state index in [1.165, 1.54) is 0 Å². The van der Waals surface area contributed by atoms with E-state index in [0.717, 1.165) is 16.9 Å². The molecule has 0 saturated heterocycles. The van der Waals surface area contributed by atoms with Crippen LogP contribution < -0.4 is 14.8 Å². The molecule has 5 nitrogen and oxygen atoms in total. The minimum Gasteiger partial charge on any atom is -0.495 e. The third-order valence-corrected chi connectivity index (χ3v) is 3.79. The molecule has 0 saturated carbocycles. The topological polar surface area (TPSA) is 50.8 Å². The molecule has 2 rings (SSSR count). The highest BCUT2D eigenvalue weighted by atomic mass is 16.5. The first-order chi connectivity index (χ1) is 12.5. The molecule has 0 atom stereocenters. The number of nitrogens with zero attached hydrogens (tertiary/aromatic N) is 1. The molecule has 0 radical (unpaired) electrons. The van der Waals surface area contributed by atoms with Crippen LogP contribution in [0.5, 0.6) is 11.5 Å². The van der Waals surface area contributed by atoms with E-state index in [2.05, 4.69) is 11.9 Å². The van der Waals surface area contributed by atoms with Gasteiger partial charge in [0.1, 0.15) is 18.1 Å². The average Bonchev–Trinajstić information content (AvgIpc) is 2.61. The standard InChI is InChI=1S/C21H26N2O3/c1-5-12-26-18-9-7-17(8-10-18)14-23(3)15-21(24)22-19-13-16(2)6-11-20(19)25-4/h5-11,13H,1,12,14-15H2,2-4H3,(H,22,24). The van der Waals surface area contributed by atoms with Crippen molar-refractivity contribution in [1.29, 1.82) is 0 Å². The molecule has 2 aromatic rings. The fraction of sp³-hybridized carbons (Fsp3) is 0.286. The maximum absolute atomic E-state index is 12.3. The molecule has 1 N–H and O–H groups in total. The Morgan fingerprint density at radius 1 is 1.23 bits per heavy atom. The lowest BCUT2D eigenvalue weighted by molar-refractivity contribution is -0.117. The molecule has 26 heavy (non-hydrogen) atoms. The number of methoxy groups -OCH3 is 1. The summed E-state index contributed by atoms with van der Waals surface area (Å²) in [5, 5.41) is 2.92. The highest BCUT2D eigenvalue weighted by Gasteiger charge is 2.11. The van der Waals surface area contributed by atoms with Crippen molar-refractivity contribution in [1.82, 2.24) is 4.90 Å². The van der Waals surface area contributed by atoms with Gasteiger partial charge in [-0.25, -0.2) is 0 Å². The Labute approximate surface area is 155 Å². The zero-order valence-corrected chi connectivity index (χ0v) is 15.6. The number of hydrogen-bond acceptors (Lipinski definition) is 4. The fourth-order valence-electron chi connectivity index (χ4n) is 2.57. The first-order valence-electron chi connectivity index (χ1n) is 8.47. The summed E-state index contributed by atoms with van der Waals surface area (Å²) >= 11 is 0. The molecule has 0 aliphatic rings. The number of rotatable bonds is 9. The lowest BCUT2D eigenvalue weighted by Gasteiger charge is -2.17. The Morgan fingerprint density at radius 3 is 2.62 bits per heavy atom. The van der Waals surface area contributed by atoms with E-state index in [0.29, 0.717) is 24.6 Å². The average molecular weight is 354 g/mol. The van der Waals surface area contributed by atoms with Gasteiger partial charge in [0.2, 0.25) is 5.91 Å². The van der Waals surface area contributed by atoms with E-state index in [1.54, 1.807) is 13.2 Å². The van der Waals surface area contributed by atoms with Crippen LogP contribution in [0, 0.1) is 6.92 Å². The van der Waals surface area contributed by atoms with E-state index in [9.17, 15) is 4.79 Å². The van der Waals surface area contributed by atoms with Gasteiger partial charge in [-0.15, -0.1) is 0 Å². The third kappa shape index (κ3) is 5.93. The number of likely N-dealkylation sites (N-methyl/N-ethyl adjacent to an activating group) is 1. The van der Waals surface area contributed by atoms with Gasteiger partial charge in [-0.1, -0.05) is 30.9 Å². The van der Waals surface area contributed by atoms with Crippen molar-refractivity contribution in [2.75, 3.05) is 32.6 Å². The summed E-state index contributed by atoms with van der Waals surface area (Å²) in [6, 6.07) is 13.5. The number of benzene rings is 2. The molecule has 0 aliphatic carbocycles. The molecule has 0 aliphatic heterocycles. The van der Waals surface area contributed by atoms with E-state index >= 15 is 0 Å². The van der Waals surface area contributed by atoms with Gasteiger partial charge in [0.05, 0.1) is 19.3 Å². The summed E-state index contributed by atoms with van der Waals surface area (Å²) in [7, 11) is 3.50. The second kappa shape index (κ2) is 9.63. The highest BCUT2D eigenvalue weighted by Crippen LogP contribution is 2.25. The molecule has 0 unspecified atom stereocenters. The molecule has 0 heterocycles. The van der Waals surface area contributed by atoms with Gasteiger partial charge >= 0.3 is 0 Å². The normalized spacial score (nSPS) is 10.5. The minimum atomic E-state index is -0.0812. The maximum Gasteiger partial charge on any atom is 0.238 e. The van der Waals surface area contributed by atoms with Crippen molar-refractivity contribution in [3.05, 3.63) is 66.2 Å². The first-order valence-corrected chi connectivity index (χ1v) is 8.47. The lowest BCUT2D eigenvalue weighted by atomic mass is 10.2. The predicted molar refractivity (Wildman–Crippen MR) is 105 cm³/mol. The third-order valence-electron chi connectivity index (χ3n) is 3.79. The summed E-state index contributed by atoms with van der Waals surface area (Å²) in [5.41, 5.74) is 2.86. The summed E-state index contributed by atoms with van der Waals surface area (Å²) in [6.07, 6.45) is 1.71. The number of anilines is 1. The number of hydrogen-bond donors (Lipinski definition) is 1. The van der Waals surface area contributed by atoms with E-state index in [1.807, 2.05) is 61.3 Å². The van der Waals surface area contributed by atoms with Crippen LogP contribution in [-0.2, 0) is 11.3 Å². The van der Waals surface area contributed by atoms with E-state index < -0.39 is 0 Å². The quantitative estimate of drug-likeness (QED) is 0.699. The van der Waals surface area contributed by atoms with Crippen molar-refractivity contribution in [3.63, 3.8) is 0 Å². The zero-order chi connectivity index (χ0) is 18.9. The van der Waals surface area contributed by atoms with Crippen molar-refractivity contribution >= 4 is 11.6 Å². The molecule has 0 fully saturated rings. The van der Waals surface area contributed by atoms with Crippen molar-refractivity contribution in [2.45, 2.75) is 13.5 Å². The molecular weight excluding hydrogens is 328 g/mol. The molecule has 138 valence electrons. The maximum atomic E-state index is 12.3. The van der Waals surface area contributed by atoms with Crippen LogP contribution in [0.1, 0.15) is 11.1 Å². The van der Waals surface area contributed by atoms with Crippen LogP contribution >= 0.6 is 0 Å². The second-order valence-electron chi connectivity index (χ2n) is 6.17. The van der Waals surface area contributed by atoms with E-state index in [-0.39, 0.29) is 12.5 Å². The number of carbonyl (C=O) groups is 1. The summed E-state index contributed by atoms with van der Waals surface area (Å²) < 4.78 is 10.8. The Balaban J connectivity index is 1.89. The molecule has 0 bridgehead atoms. The van der Waals surface area contributed by atoms with Gasteiger partial charge in [-0.3, -0.25) is 9.69 Å². The fourth-order valence-corrected chi connectivity index (χ4v) is 2.57. The Morgan fingerprint density at radius 2 is 1.96 bits per heavy atom. The summed E-state index contributed by atoms with van der Waals surface area (Å²) in [4.78, 5) is 14.3. The molecular formula is C21H26N2O3. The number of amides is 1. The molecule has 5 heteroatoms. The second-order valence-corrected chi connectivity index (χ2v) is 6.17. The number of ether oxygens (including phenoxy) is 2. The van der Waals surface area contributed by atoms with Crippen molar-refractivity contribution < 1.29 is 14.3 Å². The van der Waals surface area contributed by atoms with Crippen LogP contribution in [0.2, 0.25) is 0 Å². The molecule has 0 spiro atoms. The SMILES string of the molecule is C=CCOc1ccc(CN(C)CC(=O)Nc2cc(C)ccc2OC)cc1.